The Morgan fingerprint density at radius 1 is 1.67 bits per heavy atom. The second-order valence-corrected chi connectivity index (χ2v) is 3.88. The molecule has 0 aromatic heterocycles. The van der Waals surface area contributed by atoms with Crippen molar-refractivity contribution in [2.75, 3.05) is 20.3 Å². The van der Waals surface area contributed by atoms with Gasteiger partial charge < -0.3 is 15.2 Å². The van der Waals surface area contributed by atoms with Crippen molar-refractivity contribution >= 4 is 0 Å². The third-order valence-corrected chi connectivity index (χ3v) is 3.73. The molecular weight excluding hydrogens is 154 g/mol. The lowest BCUT2D eigenvalue weighted by Crippen LogP contribution is -2.67. The fraction of sp³-hybridized carbons (Fsp3) is 1.00. The summed E-state index contributed by atoms with van der Waals surface area (Å²) < 4.78 is 11.1. The molecule has 2 aliphatic rings. The first-order valence-electron chi connectivity index (χ1n) is 4.63. The molecule has 3 heteroatoms. The molecule has 1 saturated heterocycles. The van der Waals surface area contributed by atoms with E-state index in [1.165, 1.54) is 0 Å². The van der Waals surface area contributed by atoms with E-state index >= 15 is 0 Å². The molecule has 0 aromatic carbocycles. The third kappa shape index (κ3) is 0.767. The second kappa shape index (κ2) is 2.69. The maximum atomic E-state index is 5.75. The van der Waals surface area contributed by atoms with Gasteiger partial charge in [-0.05, 0) is 6.42 Å². The van der Waals surface area contributed by atoms with Crippen LogP contribution < -0.4 is 5.73 Å². The van der Waals surface area contributed by atoms with E-state index < -0.39 is 0 Å². The molecule has 70 valence electrons. The molecule has 1 aliphatic carbocycles. The first-order valence-corrected chi connectivity index (χ1v) is 4.63. The predicted molar refractivity (Wildman–Crippen MR) is 45.8 cm³/mol. The zero-order valence-electron chi connectivity index (χ0n) is 7.75. The number of hydrogen-bond donors (Lipinski definition) is 1. The van der Waals surface area contributed by atoms with Crippen LogP contribution in [0.2, 0.25) is 0 Å². The van der Waals surface area contributed by atoms with Crippen LogP contribution in [0.4, 0.5) is 0 Å². The van der Waals surface area contributed by atoms with Gasteiger partial charge in [-0.3, -0.25) is 0 Å². The Kier molecular flexibility index (Phi) is 1.90. The summed E-state index contributed by atoms with van der Waals surface area (Å²) in [6.07, 6.45) is 1.52. The van der Waals surface area contributed by atoms with Crippen molar-refractivity contribution in [2.24, 2.45) is 17.6 Å². The Hall–Kier alpha value is -0.120. The van der Waals surface area contributed by atoms with Crippen LogP contribution in [0.5, 0.6) is 0 Å². The summed E-state index contributed by atoms with van der Waals surface area (Å²) in [5.74, 6) is 1.00. The highest BCUT2D eigenvalue weighted by atomic mass is 16.5. The summed E-state index contributed by atoms with van der Waals surface area (Å²) >= 11 is 0. The number of ether oxygens (including phenoxy) is 2. The van der Waals surface area contributed by atoms with E-state index in [4.69, 9.17) is 15.2 Å². The summed E-state index contributed by atoms with van der Waals surface area (Å²) in [7, 11) is 1.76. The Morgan fingerprint density at radius 2 is 2.42 bits per heavy atom. The predicted octanol–water partition coefficient (Wildman–Crippen LogP) is 0.385. The van der Waals surface area contributed by atoms with Crippen LogP contribution in [0.15, 0.2) is 0 Å². The van der Waals surface area contributed by atoms with Crippen molar-refractivity contribution in [3.05, 3.63) is 0 Å². The van der Waals surface area contributed by atoms with Gasteiger partial charge in [0.15, 0.2) is 0 Å². The molecule has 2 fully saturated rings. The third-order valence-electron chi connectivity index (χ3n) is 3.73. The van der Waals surface area contributed by atoms with Crippen molar-refractivity contribution < 1.29 is 9.47 Å². The number of nitrogens with two attached hydrogens (primary N) is 1. The maximum absolute atomic E-state index is 5.75. The van der Waals surface area contributed by atoms with Crippen molar-refractivity contribution in [2.45, 2.75) is 25.0 Å². The molecule has 0 aromatic rings. The van der Waals surface area contributed by atoms with E-state index in [-0.39, 0.29) is 5.60 Å². The van der Waals surface area contributed by atoms with Crippen LogP contribution in [-0.2, 0) is 9.47 Å². The van der Waals surface area contributed by atoms with Gasteiger partial charge in [0, 0.05) is 32.1 Å². The molecule has 0 amide bonds. The lowest BCUT2D eigenvalue weighted by molar-refractivity contribution is -0.212. The Bertz CT molecular complexity index is 179. The summed E-state index contributed by atoms with van der Waals surface area (Å²) in [5, 5.41) is 0. The molecule has 0 bridgehead atoms. The van der Waals surface area contributed by atoms with Crippen molar-refractivity contribution in [1.29, 1.82) is 0 Å². The van der Waals surface area contributed by atoms with E-state index in [1.807, 2.05) is 0 Å². The average Bonchev–Trinajstić information content (AvgIpc) is 2.52. The van der Waals surface area contributed by atoms with Gasteiger partial charge in [-0.1, -0.05) is 6.92 Å². The highest BCUT2D eigenvalue weighted by Gasteiger charge is 2.62. The van der Waals surface area contributed by atoms with Gasteiger partial charge in [0.05, 0.1) is 11.7 Å². The lowest BCUT2D eigenvalue weighted by Gasteiger charge is -2.55. The van der Waals surface area contributed by atoms with Crippen LogP contribution in [0.3, 0.4) is 0 Å². The van der Waals surface area contributed by atoms with Gasteiger partial charge in [0.2, 0.25) is 0 Å². The molecule has 12 heavy (non-hydrogen) atoms. The van der Waals surface area contributed by atoms with Gasteiger partial charge in [0.25, 0.3) is 0 Å². The van der Waals surface area contributed by atoms with Gasteiger partial charge in [0.1, 0.15) is 0 Å². The highest BCUT2D eigenvalue weighted by molar-refractivity contribution is 5.12. The molecular formula is C9H17NO2. The number of hydrogen-bond acceptors (Lipinski definition) is 3. The van der Waals surface area contributed by atoms with Crippen LogP contribution in [0, 0.1) is 11.8 Å². The quantitative estimate of drug-likeness (QED) is 0.653. The molecule has 0 spiro atoms. The zero-order valence-corrected chi connectivity index (χ0v) is 7.75. The van der Waals surface area contributed by atoms with Crippen molar-refractivity contribution in [3.8, 4) is 0 Å². The molecule has 1 heterocycles. The van der Waals surface area contributed by atoms with Crippen molar-refractivity contribution in [1.82, 2.24) is 0 Å². The second-order valence-electron chi connectivity index (χ2n) is 3.88. The summed E-state index contributed by atoms with van der Waals surface area (Å²) in [4.78, 5) is 0. The number of fused-ring (bicyclic) bond motifs is 1. The lowest BCUT2D eigenvalue weighted by atomic mass is 9.59. The van der Waals surface area contributed by atoms with Gasteiger partial charge in [-0.25, -0.2) is 0 Å². The fourth-order valence-electron chi connectivity index (χ4n) is 2.88. The highest BCUT2D eigenvalue weighted by Crippen LogP contribution is 2.52. The standard InChI is InChI=1S/C9H17NO2/c1-6-8-7(3-4-12-8)9(6,5-10)11-2/h6-8H,3-5,10H2,1-2H3. The summed E-state index contributed by atoms with van der Waals surface area (Å²) in [6.45, 7) is 3.67. The minimum absolute atomic E-state index is 0.0822. The normalized spacial score (nSPS) is 51.8. The largest absolute Gasteiger partial charge is 0.377 e. The van der Waals surface area contributed by atoms with E-state index in [0.29, 0.717) is 24.5 Å². The topological polar surface area (TPSA) is 44.5 Å². The molecule has 0 radical (unpaired) electrons. The molecule has 2 N–H and O–H groups in total. The minimum Gasteiger partial charge on any atom is -0.377 e. The molecule has 1 aliphatic heterocycles. The SMILES string of the molecule is COC1(CN)C(C)C2OCCC21. The molecule has 4 atom stereocenters. The van der Waals surface area contributed by atoms with E-state index in [2.05, 4.69) is 6.92 Å². The Morgan fingerprint density at radius 3 is 3.00 bits per heavy atom. The summed E-state index contributed by atoms with van der Waals surface area (Å²) in [5.41, 5.74) is 5.66. The molecule has 4 unspecified atom stereocenters. The van der Waals surface area contributed by atoms with Crippen molar-refractivity contribution in [3.63, 3.8) is 0 Å². The van der Waals surface area contributed by atoms with E-state index in [1.54, 1.807) is 7.11 Å². The number of methoxy groups -OCH3 is 1. The molecule has 3 nitrogen and oxygen atoms in total. The summed E-state index contributed by atoms with van der Waals surface area (Å²) in [6, 6.07) is 0. The van der Waals surface area contributed by atoms with Crippen LogP contribution in [-0.4, -0.2) is 32.0 Å². The minimum atomic E-state index is -0.0822. The van der Waals surface area contributed by atoms with E-state index in [9.17, 15) is 0 Å². The van der Waals surface area contributed by atoms with Gasteiger partial charge >= 0.3 is 0 Å². The first-order chi connectivity index (χ1) is 5.76. The average molecular weight is 171 g/mol. The molecule has 1 saturated carbocycles. The van der Waals surface area contributed by atoms with Crippen LogP contribution >= 0.6 is 0 Å². The number of rotatable bonds is 2. The fourth-order valence-corrected chi connectivity index (χ4v) is 2.88. The zero-order chi connectivity index (χ0) is 8.77. The van der Waals surface area contributed by atoms with Gasteiger partial charge in [-0.15, -0.1) is 0 Å². The Labute approximate surface area is 73.2 Å². The smallest absolute Gasteiger partial charge is 0.0904 e. The van der Waals surface area contributed by atoms with Crippen LogP contribution in [0.1, 0.15) is 13.3 Å². The first kappa shape index (κ1) is 8.48. The van der Waals surface area contributed by atoms with Gasteiger partial charge in [-0.2, -0.15) is 0 Å². The Balaban J connectivity index is 2.16. The monoisotopic (exact) mass is 171 g/mol. The molecule has 2 rings (SSSR count). The van der Waals surface area contributed by atoms with Crippen LogP contribution in [0.25, 0.3) is 0 Å². The maximum Gasteiger partial charge on any atom is 0.0904 e. The van der Waals surface area contributed by atoms with E-state index in [0.717, 1.165) is 13.0 Å².